The van der Waals surface area contributed by atoms with Gasteiger partial charge in [0.1, 0.15) is 5.75 Å². The third-order valence-corrected chi connectivity index (χ3v) is 2.99. The molecule has 0 saturated carbocycles. The highest BCUT2D eigenvalue weighted by Gasteiger charge is 2.19. The molecular weight excluding hydrogens is 234 g/mol. The van der Waals surface area contributed by atoms with E-state index in [-0.39, 0.29) is 11.6 Å². The second-order valence-corrected chi connectivity index (χ2v) is 4.20. The van der Waals surface area contributed by atoms with Crippen LogP contribution in [0.1, 0.15) is 28.4 Å². The highest BCUT2D eigenvalue weighted by atomic mass is 16.5. The summed E-state index contributed by atoms with van der Waals surface area (Å²) in [7, 11) is 1.58. The molecule has 0 amide bonds. The lowest BCUT2D eigenvalue weighted by Gasteiger charge is -2.19. The van der Waals surface area contributed by atoms with Crippen LogP contribution in [0.4, 0.5) is 0 Å². The zero-order chi connectivity index (χ0) is 13.0. The summed E-state index contributed by atoms with van der Waals surface area (Å²) in [5, 5.41) is 12.4. The Bertz CT molecular complexity index is 425. The van der Waals surface area contributed by atoms with Crippen molar-refractivity contribution in [3.63, 3.8) is 0 Å². The minimum atomic E-state index is -0.937. The molecule has 5 heteroatoms. The molecule has 0 spiro atoms. The summed E-state index contributed by atoms with van der Waals surface area (Å²) in [5.41, 5.74) is 1.09. The summed E-state index contributed by atoms with van der Waals surface area (Å²) < 4.78 is 10.8. The van der Waals surface area contributed by atoms with Gasteiger partial charge < -0.3 is 19.9 Å². The lowest BCUT2D eigenvalue weighted by molar-refractivity contribution is 0.0696. The molecule has 1 heterocycles. The zero-order valence-corrected chi connectivity index (χ0v) is 10.3. The smallest absolute Gasteiger partial charge is 0.335 e. The van der Waals surface area contributed by atoms with E-state index in [4.69, 9.17) is 14.6 Å². The standard InChI is InChI=1S/C13H17NO4/c1-17-12-4-3-9(13(15)16)7-10(12)11-8-18-6-2-5-14-11/h3-4,7,11,14H,2,5-6,8H2,1H3,(H,15,16)/t11-/m0/s1. The monoisotopic (exact) mass is 251 g/mol. The van der Waals surface area contributed by atoms with Gasteiger partial charge in [-0.2, -0.15) is 0 Å². The largest absolute Gasteiger partial charge is 0.496 e. The quantitative estimate of drug-likeness (QED) is 0.851. The minimum absolute atomic E-state index is 0.0262. The Morgan fingerprint density at radius 2 is 2.39 bits per heavy atom. The van der Waals surface area contributed by atoms with Crippen molar-refractivity contribution >= 4 is 5.97 Å². The molecule has 1 fully saturated rings. The molecule has 18 heavy (non-hydrogen) atoms. The number of hydrogen-bond acceptors (Lipinski definition) is 4. The van der Waals surface area contributed by atoms with Gasteiger partial charge in [0, 0.05) is 12.2 Å². The average molecular weight is 251 g/mol. The van der Waals surface area contributed by atoms with Gasteiger partial charge in [0.2, 0.25) is 0 Å². The van der Waals surface area contributed by atoms with Crippen LogP contribution in [0.3, 0.4) is 0 Å². The molecular formula is C13H17NO4. The number of methoxy groups -OCH3 is 1. The first-order valence-corrected chi connectivity index (χ1v) is 5.94. The van der Waals surface area contributed by atoms with Crippen LogP contribution in [0, 0.1) is 0 Å². The predicted molar refractivity (Wildman–Crippen MR) is 66.1 cm³/mol. The van der Waals surface area contributed by atoms with Gasteiger partial charge in [-0.25, -0.2) is 4.79 Å². The first-order valence-electron chi connectivity index (χ1n) is 5.94. The summed E-state index contributed by atoms with van der Waals surface area (Å²) in [6.45, 7) is 2.11. The molecule has 0 radical (unpaired) electrons. The Morgan fingerprint density at radius 1 is 1.56 bits per heavy atom. The Balaban J connectivity index is 2.32. The maximum Gasteiger partial charge on any atom is 0.335 e. The Kier molecular flexibility index (Phi) is 4.17. The van der Waals surface area contributed by atoms with Crippen LogP contribution in [-0.4, -0.2) is 37.9 Å². The Morgan fingerprint density at radius 3 is 3.11 bits per heavy atom. The lowest BCUT2D eigenvalue weighted by atomic mass is 10.0. The van der Waals surface area contributed by atoms with E-state index in [1.807, 2.05) is 0 Å². The SMILES string of the molecule is COc1ccc(C(=O)O)cc1[C@@H]1COCCCN1. The lowest BCUT2D eigenvalue weighted by Crippen LogP contribution is -2.24. The second kappa shape index (κ2) is 5.84. The van der Waals surface area contributed by atoms with E-state index in [9.17, 15) is 4.79 Å². The van der Waals surface area contributed by atoms with Crippen LogP contribution in [0.15, 0.2) is 18.2 Å². The van der Waals surface area contributed by atoms with Gasteiger partial charge in [-0.1, -0.05) is 0 Å². The molecule has 1 saturated heterocycles. The van der Waals surface area contributed by atoms with Crippen LogP contribution in [-0.2, 0) is 4.74 Å². The zero-order valence-electron chi connectivity index (χ0n) is 10.3. The number of nitrogens with one attached hydrogen (secondary N) is 1. The van der Waals surface area contributed by atoms with Crippen molar-refractivity contribution in [3.8, 4) is 5.75 Å². The second-order valence-electron chi connectivity index (χ2n) is 4.20. The van der Waals surface area contributed by atoms with E-state index in [1.165, 1.54) is 0 Å². The molecule has 1 aliphatic heterocycles. The van der Waals surface area contributed by atoms with E-state index in [0.717, 1.165) is 25.1 Å². The average Bonchev–Trinajstić information content (AvgIpc) is 2.66. The fraction of sp³-hybridized carbons (Fsp3) is 0.462. The highest BCUT2D eigenvalue weighted by Crippen LogP contribution is 2.27. The van der Waals surface area contributed by atoms with Crippen LogP contribution in [0.25, 0.3) is 0 Å². The van der Waals surface area contributed by atoms with Gasteiger partial charge in [0.05, 0.1) is 25.3 Å². The van der Waals surface area contributed by atoms with Crippen molar-refractivity contribution in [3.05, 3.63) is 29.3 Å². The number of benzene rings is 1. The van der Waals surface area contributed by atoms with E-state index >= 15 is 0 Å². The van der Waals surface area contributed by atoms with Crippen molar-refractivity contribution < 1.29 is 19.4 Å². The summed E-state index contributed by atoms with van der Waals surface area (Å²) in [6, 6.07) is 4.85. The van der Waals surface area contributed by atoms with Crippen LogP contribution in [0.5, 0.6) is 5.75 Å². The molecule has 0 aromatic heterocycles. The van der Waals surface area contributed by atoms with E-state index in [1.54, 1.807) is 25.3 Å². The number of hydrogen-bond donors (Lipinski definition) is 2. The first kappa shape index (κ1) is 12.9. The fourth-order valence-electron chi connectivity index (χ4n) is 2.05. The molecule has 1 aliphatic rings. The molecule has 2 N–H and O–H groups in total. The molecule has 1 aromatic carbocycles. The van der Waals surface area contributed by atoms with Crippen molar-refractivity contribution in [2.45, 2.75) is 12.5 Å². The van der Waals surface area contributed by atoms with Gasteiger partial charge in [-0.3, -0.25) is 0 Å². The number of rotatable bonds is 3. The number of carbonyl (C=O) groups is 1. The van der Waals surface area contributed by atoms with Gasteiger partial charge in [-0.05, 0) is 31.2 Å². The molecule has 0 bridgehead atoms. The van der Waals surface area contributed by atoms with E-state index < -0.39 is 5.97 Å². The van der Waals surface area contributed by atoms with Crippen molar-refractivity contribution in [2.24, 2.45) is 0 Å². The molecule has 5 nitrogen and oxygen atoms in total. The first-order chi connectivity index (χ1) is 8.72. The molecule has 0 unspecified atom stereocenters. The molecule has 98 valence electrons. The predicted octanol–water partition coefficient (Wildman–Crippen LogP) is 1.44. The van der Waals surface area contributed by atoms with Gasteiger partial charge in [-0.15, -0.1) is 0 Å². The van der Waals surface area contributed by atoms with Crippen molar-refractivity contribution in [1.29, 1.82) is 0 Å². The van der Waals surface area contributed by atoms with Gasteiger partial charge >= 0.3 is 5.97 Å². The molecule has 1 aromatic rings. The maximum absolute atomic E-state index is 11.0. The number of aromatic carboxylic acids is 1. The summed E-state index contributed by atoms with van der Waals surface area (Å²) in [6.07, 6.45) is 0.956. The summed E-state index contributed by atoms with van der Waals surface area (Å²) in [5.74, 6) is -0.253. The van der Waals surface area contributed by atoms with Gasteiger partial charge in [0.15, 0.2) is 0 Å². The highest BCUT2D eigenvalue weighted by molar-refractivity contribution is 5.88. The number of carboxylic acid groups (broad SMARTS) is 1. The van der Waals surface area contributed by atoms with Crippen LogP contribution < -0.4 is 10.1 Å². The van der Waals surface area contributed by atoms with Crippen LogP contribution >= 0.6 is 0 Å². The normalized spacial score (nSPS) is 20.2. The third-order valence-electron chi connectivity index (χ3n) is 2.99. The van der Waals surface area contributed by atoms with Crippen molar-refractivity contribution in [1.82, 2.24) is 5.32 Å². The summed E-state index contributed by atoms with van der Waals surface area (Å²) in [4.78, 5) is 11.0. The maximum atomic E-state index is 11.0. The number of carboxylic acids is 1. The van der Waals surface area contributed by atoms with Gasteiger partial charge in [0.25, 0.3) is 0 Å². The van der Waals surface area contributed by atoms with E-state index in [0.29, 0.717) is 12.4 Å². The van der Waals surface area contributed by atoms with Crippen molar-refractivity contribution in [2.75, 3.05) is 26.9 Å². The number of ether oxygens (including phenoxy) is 2. The van der Waals surface area contributed by atoms with E-state index in [2.05, 4.69) is 5.32 Å². The third kappa shape index (κ3) is 2.80. The topological polar surface area (TPSA) is 67.8 Å². The minimum Gasteiger partial charge on any atom is -0.496 e. The fourth-order valence-corrected chi connectivity index (χ4v) is 2.05. The summed E-state index contributed by atoms with van der Waals surface area (Å²) >= 11 is 0. The Labute approximate surface area is 106 Å². The van der Waals surface area contributed by atoms with Crippen LogP contribution in [0.2, 0.25) is 0 Å². The Hall–Kier alpha value is -1.59. The molecule has 0 aliphatic carbocycles. The molecule has 2 rings (SSSR count). The molecule has 1 atom stereocenters.